The summed E-state index contributed by atoms with van der Waals surface area (Å²) in [6.45, 7) is 2.36. The van der Waals surface area contributed by atoms with Crippen molar-refractivity contribution < 1.29 is 14.4 Å². The fourth-order valence-corrected chi connectivity index (χ4v) is 6.10. The van der Waals surface area contributed by atoms with Crippen LogP contribution in [0.5, 0.6) is 0 Å². The van der Waals surface area contributed by atoms with Crippen LogP contribution in [0, 0.1) is 42.4 Å². The zero-order valence-corrected chi connectivity index (χ0v) is 17.9. The van der Waals surface area contributed by atoms with E-state index in [0.717, 1.165) is 30.5 Å². The smallest absolute Gasteiger partial charge is 0.233 e. The molecule has 1 aromatic carbocycles. The highest BCUT2D eigenvalue weighted by Crippen LogP contribution is 2.65. The van der Waals surface area contributed by atoms with Gasteiger partial charge in [0.15, 0.2) is 0 Å². The molecule has 1 heterocycles. The van der Waals surface area contributed by atoms with Crippen molar-refractivity contribution in [3.05, 3.63) is 40.9 Å². The number of amides is 3. The number of hydrogen-bond acceptors (Lipinski definition) is 3. The molecule has 1 saturated heterocycles. The van der Waals surface area contributed by atoms with E-state index in [4.69, 9.17) is 11.6 Å². The van der Waals surface area contributed by atoms with E-state index in [-0.39, 0.29) is 41.4 Å². The zero-order chi connectivity index (χ0) is 21.0. The van der Waals surface area contributed by atoms with E-state index in [2.05, 4.69) is 17.5 Å². The number of anilines is 1. The molecule has 2 bridgehead atoms. The second-order valence-corrected chi connectivity index (χ2v) is 9.66. The SMILES string of the molecule is Cc1c(Cl)cccc1NC(=O)CCCCCN1C(=O)C2C3C=CC(C4CC34)C2C1=O. The molecule has 2 saturated carbocycles. The summed E-state index contributed by atoms with van der Waals surface area (Å²) in [5.41, 5.74) is 1.60. The van der Waals surface area contributed by atoms with Crippen LogP contribution in [-0.4, -0.2) is 29.2 Å². The predicted octanol–water partition coefficient (Wildman–Crippen LogP) is 4.20. The maximum Gasteiger partial charge on any atom is 0.233 e. The molecule has 1 aliphatic heterocycles. The quantitative estimate of drug-likeness (QED) is 0.403. The predicted molar refractivity (Wildman–Crippen MR) is 115 cm³/mol. The van der Waals surface area contributed by atoms with E-state index >= 15 is 0 Å². The molecule has 158 valence electrons. The lowest BCUT2D eigenvalue weighted by molar-refractivity contribution is -0.140. The molecule has 0 aromatic heterocycles. The Labute approximate surface area is 181 Å². The topological polar surface area (TPSA) is 66.5 Å². The molecule has 0 radical (unpaired) electrons. The van der Waals surface area contributed by atoms with Crippen molar-refractivity contribution in [1.82, 2.24) is 4.90 Å². The van der Waals surface area contributed by atoms with Gasteiger partial charge in [0.2, 0.25) is 17.7 Å². The molecule has 5 nitrogen and oxygen atoms in total. The number of nitrogens with zero attached hydrogens (tertiary/aromatic N) is 1. The molecule has 3 fully saturated rings. The first-order valence-corrected chi connectivity index (χ1v) is 11.4. The van der Waals surface area contributed by atoms with Crippen LogP contribution in [0.15, 0.2) is 30.4 Å². The summed E-state index contributed by atoms with van der Waals surface area (Å²) in [5.74, 6) is 1.68. The van der Waals surface area contributed by atoms with Gasteiger partial charge in [-0.15, -0.1) is 0 Å². The molecule has 5 aliphatic rings. The fourth-order valence-electron chi connectivity index (χ4n) is 5.93. The minimum atomic E-state index is -0.108. The molecule has 6 heteroatoms. The highest BCUT2D eigenvalue weighted by atomic mass is 35.5. The Hall–Kier alpha value is -2.14. The van der Waals surface area contributed by atoms with Crippen LogP contribution in [-0.2, 0) is 14.4 Å². The Bertz CT molecular complexity index is 906. The van der Waals surface area contributed by atoms with Crippen LogP contribution in [0.25, 0.3) is 0 Å². The van der Waals surface area contributed by atoms with Gasteiger partial charge >= 0.3 is 0 Å². The summed E-state index contributed by atoms with van der Waals surface area (Å²) in [7, 11) is 0. The van der Waals surface area contributed by atoms with Gasteiger partial charge < -0.3 is 5.32 Å². The Morgan fingerprint density at radius 1 is 1.07 bits per heavy atom. The van der Waals surface area contributed by atoms with E-state index in [9.17, 15) is 14.4 Å². The van der Waals surface area contributed by atoms with Gasteiger partial charge in [0.25, 0.3) is 0 Å². The molecule has 6 unspecified atom stereocenters. The van der Waals surface area contributed by atoms with Gasteiger partial charge in [-0.1, -0.05) is 36.2 Å². The van der Waals surface area contributed by atoms with Gasteiger partial charge in [0, 0.05) is 23.7 Å². The van der Waals surface area contributed by atoms with Crippen LogP contribution in [0.3, 0.4) is 0 Å². The molecule has 3 amide bonds. The number of carbonyl (C=O) groups excluding carboxylic acids is 3. The van der Waals surface area contributed by atoms with Crippen LogP contribution < -0.4 is 5.32 Å². The first kappa shape index (κ1) is 19.8. The highest BCUT2D eigenvalue weighted by Gasteiger charge is 2.66. The normalized spacial score (nSPS) is 32.9. The number of unbranched alkanes of at least 4 members (excludes halogenated alkanes) is 2. The number of carbonyl (C=O) groups is 3. The molecule has 30 heavy (non-hydrogen) atoms. The summed E-state index contributed by atoms with van der Waals surface area (Å²) in [4.78, 5) is 39.6. The number of benzene rings is 1. The van der Waals surface area contributed by atoms with Crippen molar-refractivity contribution in [3.8, 4) is 0 Å². The Balaban J connectivity index is 1.08. The summed E-state index contributed by atoms with van der Waals surface area (Å²) in [6.07, 6.45) is 8.29. The Kier molecular flexibility index (Phi) is 4.97. The monoisotopic (exact) mass is 426 g/mol. The first-order chi connectivity index (χ1) is 14.5. The lowest BCUT2D eigenvalue weighted by Crippen LogP contribution is -2.40. The summed E-state index contributed by atoms with van der Waals surface area (Å²) in [5, 5.41) is 3.54. The zero-order valence-electron chi connectivity index (χ0n) is 17.1. The third kappa shape index (κ3) is 3.18. The minimum Gasteiger partial charge on any atom is -0.326 e. The van der Waals surface area contributed by atoms with Gasteiger partial charge in [0.05, 0.1) is 11.8 Å². The second kappa shape index (κ2) is 7.52. The molecule has 1 N–H and O–H groups in total. The lowest BCUT2D eigenvalue weighted by Gasteiger charge is -2.37. The molecular formula is C24H27ClN2O3. The van der Waals surface area contributed by atoms with E-state index in [1.54, 1.807) is 6.07 Å². The van der Waals surface area contributed by atoms with Crippen molar-refractivity contribution in [2.24, 2.45) is 35.5 Å². The Morgan fingerprint density at radius 2 is 1.73 bits per heavy atom. The fraction of sp³-hybridized carbons (Fsp3) is 0.542. The maximum absolute atomic E-state index is 12.9. The molecule has 6 atom stereocenters. The second-order valence-electron chi connectivity index (χ2n) is 9.25. The van der Waals surface area contributed by atoms with Crippen molar-refractivity contribution in [2.45, 2.75) is 39.0 Å². The molecule has 1 aromatic rings. The van der Waals surface area contributed by atoms with Crippen LogP contribution in [0.2, 0.25) is 5.02 Å². The number of allylic oxidation sites excluding steroid dienone is 2. The van der Waals surface area contributed by atoms with Crippen molar-refractivity contribution in [3.63, 3.8) is 0 Å². The van der Waals surface area contributed by atoms with Crippen molar-refractivity contribution in [1.29, 1.82) is 0 Å². The van der Waals surface area contributed by atoms with Crippen molar-refractivity contribution >= 4 is 35.0 Å². The average Bonchev–Trinajstić information content (AvgIpc) is 3.51. The number of imide groups is 1. The number of rotatable bonds is 7. The van der Waals surface area contributed by atoms with Gasteiger partial charge in [-0.2, -0.15) is 0 Å². The van der Waals surface area contributed by atoms with Crippen LogP contribution in [0.1, 0.15) is 37.7 Å². The number of halogens is 1. The first-order valence-electron chi connectivity index (χ1n) is 11.1. The molecule has 4 aliphatic carbocycles. The van der Waals surface area contributed by atoms with Gasteiger partial charge in [-0.25, -0.2) is 0 Å². The van der Waals surface area contributed by atoms with Crippen LogP contribution >= 0.6 is 11.6 Å². The van der Waals surface area contributed by atoms with E-state index < -0.39 is 0 Å². The van der Waals surface area contributed by atoms with Gasteiger partial charge in [-0.3, -0.25) is 19.3 Å². The van der Waals surface area contributed by atoms with Crippen molar-refractivity contribution in [2.75, 3.05) is 11.9 Å². The lowest BCUT2D eigenvalue weighted by atomic mass is 9.63. The molecular weight excluding hydrogens is 400 g/mol. The number of likely N-dealkylation sites (tertiary alicyclic amines) is 1. The Morgan fingerprint density at radius 3 is 2.40 bits per heavy atom. The molecule has 0 spiro atoms. The minimum absolute atomic E-state index is 0.0402. The summed E-state index contributed by atoms with van der Waals surface area (Å²) < 4.78 is 0. The number of nitrogens with one attached hydrogen (secondary N) is 1. The van der Waals surface area contributed by atoms with E-state index in [1.165, 1.54) is 11.3 Å². The third-order valence-electron chi connectivity index (χ3n) is 7.58. The van der Waals surface area contributed by atoms with E-state index in [1.807, 2.05) is 19.1 Å². The third-order valence-corrected chi connectivity index (χ3v) is 7.99. The maximum atomic E-state index is 12.9. The molecule has 6 rings (SSSR count). The summed E-state index contributed by atoms with van der Waals surface area (Å²) in [6, 6.07) is 5.46. The van der Waals surface area contributed by atoms with E-state index in [0.29, 0.717) is 29.8 Å². The standard InChI is InChI=1S/C24H27ClN2O3/c1-13-18(25)6-5-7-19(13)26-20(28)8-3-2-4-11-27-23(29)21-14-9-10-15(17-12-16(14)17)22(21)24(27)30/h5-7,9-10,14-17,21-22H,2-4,8,11-12H2,1H3,(H,26,28). The van der Waals surface area contributed by atoms with Gasteiger partial charge in [0.1, 0.15) is 0 Å². The van der Waals surface area contributed by atoms with Crippen LogP contribution in [0.4, 0.5) is 5.69 Å². The highest BCUT2D eigenvalue weighted by molar-refractivity contribution is 6.31. The average molecular weight is 427 g/mol. The van der Waals surface area contributed by atoms with Gasteiger partial charge in [-0.05, 0) is 67.6 Å². The number of hydrogen-bond donors (Lipinski definition) is 1. The largest absolute Gasteiger partial charge is 0.326 e. The summed E-state index contributed by atoms with van der Waals surface area (Å²) >= 11 is 6.09.